The molecule has 2 saturated heterocycles. The van der Waals surface area contributed by atoms with Crippen LogP contribution >= 0.6 is 0 Å². The fourth-order valence-corrected chi connectivity index (χ4v) is 4.59. The van der Waals surface area contributed by atoms with E-state index in [2.05, 4.69) is 34.1 Å². The Bertz CT molecular complexity index is 740. The summed E-state index contributed by atoms with van der Waals surface area (Å²) in [5.74, 6) is 0.266. The Kier molecular flexibility index (Phi) is 5.74. The maximum Gasteiger partial charge on any atom is 0.123 e. The van der Waals surface area contributed by atoms with Crippen molar-refractivity contribution in [3.8, 4) is 11.1 Å². The van der Waals surface area contributed by atoms with Gasteiger partial charge in [-0.1, -0.05) is 24.3 Å². The third-order valence-electron chi connectivity index (χ3n) is 6.18. The van der Waals surface area contributed by atoms with Crippen molar-refractivity contribution in [3.05, 3.63) is 54.3 Å². The summed E-state index contributed by atoms with van der Waals surface area (Å²) in [6.07, 6.45) is 4.74. The van der Waals surface area contributed by atoms with Crippen molar-refractivity contribution in [1.29, 1.82) is 0 Å². The second-order valence-electron chi connectivity index (χ2n) is 7.96. The number of anilines is 1. The first-order valence-corrected chi connectivity index (χ1v) is 10.2. The van der Waals surface area contributed by atoms with Crippen LogP contribution in [0, 0.1) is 11.7 Å². The monoisotopic (exact) mass is 368 g/mol. The number of aliphatic hydroxyl groups excluding tert-OH is 1. The number of rotatable bonds is 4. The molecule has 1 N–H and O–H groups in total. The van der Waals surface area contributed by atoms with E-state index in [0.29, 0.717) is 18.6 Å². The number of piperidine rings is 2. The van der Waals surface area contributed by atoms with Crippen molar-refractivity contribution >= 4 is 5.69 Å². The molecule has 2 fully saturated rings. The molecular formula is C23H29FN2O. The van der Waals surface area contributed by atoms with Gasteiger partial charge in [0.25, 0.3) is 0 Å². The molecule has 27 heavy (non-hydrogen) atoms. The molecule has 4 heteroatoms. The number of aliphatic hydroxyl groups is 1. The minimum atomic E-state index is -0.196. The fourth-order valence-electron chi connectivity index (χ4n) is 4.59. The Hall–Kier alpha value is -1.91. The van der Waals surface area contributed by atoms with E-state index in [1.807, 2.05) is 12.1 Å². The maximum atomic E-state index is 13.2. The minimum Gasteiger partial charge on any atom is -0.396 e. The van der Waals surface area contributed by atoms with Gasteiger partial charge in [-0.25, -0.2) is 4.39 Å². The Labute approximate surface area is 161 Å². The fraction of sp³-hybridized carbons (Fsp3) is 0.478. The molecule has 0 aliphatic carbocycles. The van der Waals surface area contributed by atoms with E-state index in [0.717, 1.165) is 30.8 Å². The third kappa shape index (κ3) is 4.33. The summed E-state index contributed by atoms with van der Waals surface area (Å²) in [5, 5.41) is 9.48. The van der Waals surface area contributed by atoms with E-state index in [-0.39, 0.29) is 5.82 Å². The number of nitrogens with zero attached hydrogens (tertiary/aromatic N) is 2. The highest BCUT2D eigenvalue weighted by Crippen LogP contribution is 2.29. The van der Waals surface area contributed by atoms with Gasteiger partial charge >= 0.3 is 0 Å². The van der Waals surface area contributed by atoms with Crippen LogP contribution in [0.1, 0.15) is 25.7 Å². The van der Waals surface area contributed by atoms with Gasteiger partial charge in [0.2, 0.25) is 0 Å². The molecule has 0 unspecified atom stereocenters. The maximum absolute atomic E-state index is 13.2. The van der Waals surface area contributed by atoms with E-state index in [1.165, 1.54) is 50.0 Å². The van der Waals surface area contributed by atoms with Crippen LogP contribution in [0.2, 0.25) is 0 Å². The second kappa shape index (κ2) is 8.41. The molecule has 4 rings (SSSR count). The van der Waals surface area contributed by atoms with Crippen LogP contribution in [0.15, 0.2) is 48.5 Å². The first-order chi connectivity index (χ1) is 13.2. The molecule has 0 aromatic heterocycles. The molecule has 3 nitrogen and oxygen atoms in total. The molecule has 0 radical (unpaired) electrons. The average Bonchev–Trinajstić information content (AvgIpc) is 2.74. The molecule has 0 amide bonds. The molecular weight excluding hydrogens is 339 g/mol. The molecule has 0 bridgehead atoms. The van der Waals surface area contributed by atoms with Crippen LogP contribution in [-0.2, 0) is 0 Å². The van der Waals surface area contributed by atoms with Gasteiger partial charge in [-0.3, -0.25) is 4.90 Å². The van der Waals surface area contributed by atoms with Gasteiger partial charge in [-0.2, -0.15) is 0 Å². The van der Waals surface area contributed by atoms with Gasteiger partial charge in [-0.15, -0.1) is 0 Å². The number of hydrogen-bond donors (Lipinski definition) is 1. The number of halogens is 1. The second-order valence-corrected chi connectivity index (χ2v) is 7.96. The minimum absolute atomic E-state index is 0.196. The quantitative estimate of drug-likeness (QED) is 0.878. The summed E-state index contributed by atoms with van der Waals surface area (Å²) in [5.41, 5.74) is 3.44. The Morgan fingerprint density at radius 3 is 2.44 bits per heavy atom. The van der Waals surface area contributed by atoms with E-state index < -0.39 is 0 Å². The normalized spacial score (nSPS) is 22.1. The van der Waals surface area contributed by atoms with Gasteiger partial charge in [0.1, 0.15) is 5.82 Å². The summed E-state index contributed by atoms with van der Waals surface area (Å²) in [4.78, 5) is 5.08. The Morgan fingerprint density at radius 1 is 0.926 bits per heavy atom. The molecule has 2 aromatic carbocycles. The van der Waals surface area contributed by atoms with Crippen molar-refractivity contribution in [2.24, 2.45) is 5.92 Å². The van der Waals surface area contributed by atoms with Crippen LogP contribution in [0.4, 0.5) is 10.1 Å². The van der Waals surface area contributed by atoms with Gasteiger partial charge in [-0.05, 0) is 73.5 Å². The molecule has 2 aliphatic heterocycles. The number of benzene rings is 2. The SMILES string of the molecule is OC[C@H]1CCCN(C2CCN(c3cccc(-c4ccc(F)cc4)c3)CC2)C1. The summed E-state index contributed by atoms with van der Waals surface area (Å²) in [6, 6.07) is 16.0. The van der Waals surface area contributed by atoms with Crippen LogP contribution in [-0.4, -0.2) is 48.8 Å². The predicted octanol–water partition coefficient (Wildman–Crippen LogP) is 4.17. The molecule has 0 saturated carbocycles. The smallest absolute Gasteiger partial charge is 0.123 e. The molecule has 144 valence electrons. The average molecular weight is 368 g/mol. The van der Waals surface area contributed by atoms with Crippen molar-refractivity contribution in [3.63, 3.8) is 0 Å². The molecule has 1 atom stereocenters. The van der Waals surface area contributed by atoms with Crippen LogP contribution in [0.5, 0.6) is 0 Å². The van der Waals surface area contributed by atoms with Crippen molar-refractivity contribution in [2.75, 3.05) is 37.7 Å². The van der Waals surface area contributed by atoms with Crippen LogP contribution < -0.4 is 4.90 Å². The zero-order valence-corrected chi connectivity index (χ0v) is 15.9. The summed E-state index contributed by atoms with van der Waals surface area (Å²) in [6.45, 7) is 4.70. The lowest BCUT2D eigenvalue weighted by Gasteiger charge is -2.42. The zero-order chi connectivity index (χ0) is 18.6. The Morgan fingerprint density at radius 2 is 1.70 bits per heavy atom. The van der Waals surface area contributed by atoms with Crippen molar-refractivity contribution < 1.29 is 9.50 Å². The van der Waals surface area contributed by atoms with Crippen LogP contribution in [0.25, 0.3) is 11.1 Å². The highest BCUT2D eigenvalue weighted by atomic mass is 19.1. The van der Waals surface area contributed by atoms with E-state index in [1.54, 1.807) is 0 Å². The lowest BCUT2D eigenvalue weighted by atomic mass is 9.94. The van der Waals surface area contributed by atoms with Crippen molar-refractivity contribution in [1.82, 2.24) is 4.90 Å². The van der Waals surface area contributed by atoms with E-state index in [9.17, 15) is 9.50 Å². The van der Waals surface area contributed by atoms with Crippen LogP contribution in [0.3, 0.4) is 0 Å². The van der Waals surface area contributed by atoms with Gasteiger partial charge in [0.05, 0.1) is 0 Å². The van der Waals surface area contributed by atoms with E-state index >= 15 is 0 Å². The highest BCUT2D eigenvalue weighted by molar-refractivity contribution is 5.68. The first kappa shape index (κ1) is 18.5. The predicted molar refractivity (Wildman–Crippen MR) is 108 cm³/mol. The third-order valence-corrected chi connectivity index (χ3v) is 6.18. The zero-order valence-electron chi connectivity index (χ0n) is 15.9. The molecule has 2 aliphatic rings. The molecule has 2 heterocycles. The largest absolute Gasteiger partial charge is 0.396 e. The number of hydrogen-bond acceptors (Lipinski definition) is 3. The summed E-state index contributed by atoms with van der Waals surface area (Å²) < 4.78 is 13.2. The number of likely N-dealkylation sites (tertiary alicyclic amines) is 1. The topological polar surface area (TPSA) is 26.7 Å². The lowest BCUT2D eigenvalue weighted by molar-refractivity contribution is 0.0778. The first-order valence-electron chi connectivity index (χ1n) is 10.2. The van der Waals surface area contributed by atoms with Gasteiger partial charge in [0.15, 0.2) is 0 Å². The summed E-state index contributed by atoms with van der Waals surface area (Å²) >= 11 is 0. The molecule has 2 aromatic rings. The summed E-state index contributed by atoms with van der Waals surface area (Å²) in [7, 11) is 0. The van der Waals surface area contributed by atoms with Gasteiger partial charge < -0.3 is 10.0 Å². The van der Waals surface area contributed by atoms with E-state index in [4.69, 9.17) is 0 Å². The lowest BCUT2D eigenvalue weighted by Crippen LogP contribution is -2.49. The van der Waals surface area contributed by atoms with Crippen molar-refractivity contribution in [2.45, 2.75) is 31.7 Å². The highest BCUT2D eigenvalue weighted by Gasteiger charge is 2.28. The van der Waals surface area contributed by atoms with Gasteiger partial charge in [0, 0.05) is 38.0 Å². The standard InChI is InChI=1S/C23H29FN2O/c24-21-8-6-19(7-9-21)20-4-1-5-23(15-20)25-13-10-22(11-14-25)26-12-2-3-18(16-26)17-27/h1,4-9,15,18,22,27H,2-3,10-14,16-17H2/t18-/m0/s1. The Balaban J connectivity index is 1.39. The molecule has 0 spiro atoms.